The van der Waals surface area contributed by atoms with Crippen LogP contribution >= 0.6 is 0 Å². The first-order chi connectivity index (χ1) is 9.29. The van der Waals surface area contributed by atoms with Crippen molar-refractivity contribution in [1.29, 1.82) is 0 Å². The van der Waals surface area contributed by atoms with Crippen LogP contribution in [-0.4, -0.2) is 12.6 Å². The molecule has 19 heavy (non-hydrogen) atoms. The van der Waals surface area contributed by atoms with Gasteiger partial charge in [0.1, 0.15) is 0 Å². The van der Waals surface area contributed by atoms with E-state index in [4.69, 9.17) is 11.5 Å². The van der Waals surface area contributed by atoms with Crippen molar-refractivity contribution in [1.82, 2.24) is 0 Å². The highest BCUT2D eigenvalue weighted by Gasteiger charge is 2.13. The zero-order chi connectivity index (χ0) is 13.5. The lowest BCUT2D eigenvalue weighted by Gasteiger charge is -2.20. The van der Waals surface area contributed by atoms with Crippen molar-refractivity contribution in [3.05, 3.63) is 35.4 Å². The van der Waals surface area contributed by atoms with E-state index in [1.54, 1.807) is 0 Å². The van der Waals surface area contributed by atoms with Gasteiger partial charge in [-0.25, -0.2) is 0 Å². The molecule has 2 nitrogen and oxygen atoms in total. The number of nitrogens with two attached hydrogens (primary N) is 2. The second-order valence-electron chi connectivity index (χ2n) is 6.01. The highest BCUT2D eigenvalue weighted by molar-refractivity contribution is 5.30. The van der Waals surface area contributed by atoms with E-state index in [9.17, 15) is 0 Å². The first-order valence-electron chi connectivity index (χ1n) is 7.82. The van der Waals surface area contributed by atoms with E-state index in [0.29, 0.717) is 6.04 Å². The van der Waals surface area contributed by atoms with Gasteiger partial charge in [0, 0.05) is 6.04 Å². The summed E-state index contributed by atoms with van der Waals surface area (Å²) < 4.78 is 0. The number of rotatable bonds is 1. The van der Waals surface area contributed by atoms with E-state index in [1.165, 1.54) is 43.2 Å². The van der Waals surface area contributed by atoms with Crippen molar-refractivity contribution in [2.75, 3.05) is 6.54 Å². The van der Waals surface area contributed by atoms with Gasteiger partial charge in [0.05, 0.1) is 0 Å². The van der Waals surface area contributed by atoms with Crippen molar-refractivity contribution in [3.8, 4) is 0 Å². The maximum Gasteiger partial charge on any atom is 0.00825 e. The first kappa shape index (κ1) is 14.5. The Morgan fingerprint density at radius 2 is 1.63 bits per heavy atom. The molecule has 0 amide bonds. The fourth-order valence-corrected chi connectivity index (χ4v) is 3.15. The molecule has 0 aliphatic heterocycles. The molecular weight excluding hydrogens is 232 g/mol. The monoisotopic (exact) mass is 260 g/mol. The second kappa shape index (κ2) is 7.66. The highest BCUT2D eigenvalue weighted by Crippen LogP contribution is 2.22. The Kier molecular flexibility index (Phi) is 5.87. The Balaban J connectivity index is 0.000000148. The molecular formula is C17H28N2. The van der Waals surface area contributed by atoms with Crippen LogP contribution in [-0.2, 0) is 12.8 Å². The standard InChI is InChI=1S/C10H13N.C7H15N/c11-10-6-5-8-3-1-2-4-9(8)7-10;8-6-7-4-2-1-3-5-7/h1-4,10H,5-7,11H2;7H,1-6,8H2. The molecule has 0 radical (unpaired) electrons. The van der Waals surface area contributed by atoms with E-state index in [0.717, 1.165) is 31.7 Å². The minimum Gasteiger partial charge on any atom is -0.330 e. The zero-order valence-electron chi connectivity index (χ0n) is 12.0. The van der Waals surface area contributed by atoms with Crippen LogP contribution in [0.5, 0.6) is 0 Å². The van der Waals surface area contributed by atoms with Gasteiger partial charge in [0.15, 0.2) is 0 Å². The Morgan fingerprint density at radius 1 is 0.947 bits per heavy atom. The summed E-state index contributed by atoms with van der Waals surface area (Å²) in [7, 11) is 0. The smallest absolute Gasteiger partial charge is 0.00825 e. The summed E-state index contributed by atoms with van der Waals surface area (Å²) in [5, 5.41) is 0. The average molecular weight is 260 g/mol. The van der Waals surface area contributed by atoms with Gasteiger partial charge in [-0.15, -0.1) is 0 Å². The van der Waals surface area contributed by atoms with Gasteiger partial charge >= 0.3 is 0 Å². The average Bonchev–Trinajstić information content (AvgIpc) is 2.48. The summed E-state index contributed by atoms with van der Waals surface area (Å²) in [5.41, 5.74) is 14.3. The predicted molar refractivity (Wildman–Crippen MR) is 82.1 cm³/mol. The molecule has 1 saturated carbocycles. The molecule has 3 rings (SSSR count). The molecule has 1 unspecified atom stereocenters. The van der Waals surface area contributed by atoms with Crippen molar-refractivity contribution < 1.29 is 0 Å². The van der Waals surface area contributed by atoms with Crippen molar-refractivity contribution in [2.24, 2.45) is 17.4 Å². The molecule has 0 aromatic heterocycles. The summed E-state index contributed by atoms with van der Waals surface area (Å²) >= 11 is 0. The van der Waals surface area contributed by atoms with E-state index < -0.39 is 0 Å². The van der Waals surface area contributed by atoms with Gasteiger partial charge in [0.25, 0.3) is 0 Å². The number of hydrogen-bond donors (Lipinski definition) is 2. The molecule has 2 aliphatic carbocycles. The normalized spacial score (nSPS) is 23.2. The predicted octanol–water partition coefficient (Wildman–Crippen LogP) is 3.03. The first-order valence-corrected chi connectivity index (χ1v) is 7.82. The van der Waals surface area contributed by atoms with Crippen LogP contribution in [0.25, 0.3) is 0 Å². The van der Waals surface area contributed by atoms with Crippen LogP contribution in [0.1, 0.15) is 49.7 Å². The fourth-order valence-electron chi connectivity index (χ4n) is 3.15. The molecule has 2 aliphatic rings. The quantitative estimate of drug-likeness (QED) is 0.815. The van der Waals surface area contributed by atoms with E-state index in [2.05, 4.69) is 24.3 Å². The van der Waals surface area contributed by atoms with E-state index >= 15 is 0 Å². The molecule has 0 bridgehead atoms. The SMILES string of the molecule is NC1CCc2ccccc2C1.NCC1CCCCC1. The summed E-state index contributed by atoms with van der Waals surface area (Å²) in [6.07, 6.45) is 10.4. The molecule has 1 aromatic rings. The number of hydrogen-bond acceptors (Lipinski definition) is 2. The van der Waals surface area contributed by atoms with Crippen molar-refractivity contribution in [2.45, 2.75) is 57.4 Å². The lowest BCUT2D eigenvalue weighted by atomic mass is 9.89. The minimum absolute atomic E-state index is 0.393. The molecule has 0 heterocycles. The van der Waals surface area contributed by atoms with Crippen molar-refractivity contribution in [3.63, 3.8) is 0 Å². The Labute approximate surface area is 117 Å². The third-order valence-electron chi connectivity index (χ3n) is 4.44. The Morgan fingerprint density at radius 3 is 2.26 bits per heavy atom. The van der Waals surface area contributed by atoms with Gasteiger partial charge in [0.2, 0.25) is 0 Å². The molecule has 106 valence electrons. The molecule has 0 saturated heterocycles. The third kappa shape index (κ3) is 4.63. The maximum absolute atomic E-state index is 5.85. The van der Waals surface area contributed by atoms with Crippen LogP contribution in [0.3, 0.4) is 0 Å². The van der Waals surface area contributed by atoms with Gasteiger partial charge in [-0.2, -0.15) is 0 Å². The number of fused-ring (bicyclic) bond motifs is 1. The van der Waals surface area contributed by atoms with E-state index in [1.807, 2.05) is 0 Å². The van der Waals surface area contributed by atoms with Crippen LogP contribution in [0.4, 0.5) is 0 Å². The summed E-state index contributed by atoms with van der Waals surface area (Å²) in [5.74, 6) is 0.865. The molecule has 2 heteroatoms. The van der Waals surface area contributed by atoms with Crippen molar-refractivity contribution >= 4 is 0 Å². The summed E-state index contributed by atoms with van der Waals surface area (Å²) in [4.78, 5) is 0. The summed E-state index contributed by atoms with van der Waals surface area (Å²) in [6, 6.07) is 8.99. The van der Waals surface area contributed by atoms with Gasteiger partial charge in [-0.05, 0) is 55.7 Å². The molecule has 0 spiro atoms. The van der Waals surface area contributed by atoms with Crippen LogP contribution in [0.2, 0.25) is 0 Å². The largest absolute Gasteiger partial charge is 0.330 e. The molecule has 1 fully saturated rings. The van der Waals surface area contributed by atoms with Crippen LogP contribution in [0.15, 0.2) is 24.3 Å². The second-order valence-corrected chi connectivity index (χ2v) is 6.01. The molecule has 1 atom stereocenters. The fraction of sp³-hybridized carbons (Fsp3) is 0.647. The van der Waals surface area contributed by atoms with E-state index in [-0.39, 0.29) is 0 Å². The summed E-state index contributed by atoms with van der Waals surface area (Å²) in [6.45, 7) is 0.917. The van der Waals surface area contributed by atoms with Gasteiger partial charge in [-0.3, -0.25) is 0 Å². The third-order valence-corrected chi connectivity index (χ3v) is 4.44. The van der Waals surface area contributed by atoms with Crippen LogP contribution in [0, 0.1) is 5.92 Å². The maximum atomic E-state index is 5.85. The van der Waals surface area contributed by atoms with Gasteiger partial charge < -0.3 is 11.5 Å². The lowest BCUT2D eigenvalue weighted by molar-refractivity contribution is 0.366. The topological polar surface area (TPSA) is 52.0 Å². The zero-order valence-corrected chi connectivity index (χ0v) is 12.0. The number of aryl methyl sites for hydroxylation is 1. The minimum atomic E-state index is 0.393. The van der Waals surface area contributed by atoms with Gasteiger partial charge in [-0.1, -0.05) is 43.5 Å². The molecule has 1 aromatic carbocycles. The van der Waals surface area contributed by atoms with Crippen LogP contribution < -0.4 is 11.5 Å². The number of benzene rings is 1. The highest BCUT2D eigenvalue weighted by atomic mass is 14.6. The Bertz CT molecular complexity index is 369. The lowest BCUT2D eigenvalue weighted by Crippen LogP contribution is -2.27. The Hall–Kier alpha value is -0.860. The molecule has 4 N–H and O–H groups in total.